The van der Waals surface area contributed by atoms with E-state index in [0.29, 0.717) is 6.54 Å². The summed E-state index contributed by atoms with van der Waals surface area (Å²) in [5.74, 6) is 2.27. The Morgan fingerprint density at radius 2 is 2.05 bits per heavy atom. The van der Waals surface area contributed by atoms with Crippen LogP contribution in [-0.4, -0.2) is 85.0 Å². The van der Waals surface area contributed by atoms with Crippen molar-refractivity contribution in [3.8, 4) is 0 Å². The number of carbonyl (C=O) groups is 2. The maximum absolute atomic E-state index is 12.4. The lowest BCUT2D eigenvalue weighted by Crippen LogP contribution is -2.56. The topological polar surface area (TPSA) is 64.7 Å². The Balaban J connectivity index is 1.70. The second kappa shape index (κ2) is 8.60. The Morgan fingerprint density at radius 1 is 1.29 bits per heavy atom. The standard InChI is InChI=1S/C14H26N4O2S/c1-2-3-16-13(19)10-17-5-7-18(8-6-17)14(20)12-11-21-9-4-15-12/h12,15H,2-11H2,1H3,(H,16,19). The van der Waals surface area contributed by atoms with E-state index in [2.05, 4.69) is 15.5 Å². The normalized spacial score (nSPS) is 23.9. The van der Waals surface area contributed by atoms with Gasteiger partial charge in [-0.05, 0) is 6.42 Å². The summed E-state index contributed by atoms with van der Waals surface area (Å²) < 4.78 is 0. The van der Waals surface area contributed by atoms with E-state index in [1.807, 2.05) is 23.6 Å². The van der Waals surface area contributed by atoms with Crippen LogP contribution in [0, 0.1) is 0 Å². The summed E-state index contributed by atoms with van der Waals surface area (Å²) in [6.45, 7) is 7.16. The van der Waals surface area contributed by atoms with Crippen molar-refractivity contribution in [3.63, 3.8) is 0 Å². The van der Waals surface area contributed by atoms with Crippen molar-refractivity contribution < 1.29 is 9.59 Å². The molecule has 0 bridgehead atoms. The summed E-state index contributed by atoms with van der Waals surface area (Å²) in [6, 6.07) is -0.0249. The van der Waals surface area contributed by atoms with E-state index in [9.17, 15) is 9.59 Å². The quantitative estimate of drug-likeness (QED) is 0.707. The molecule has 0 saturated carbocycles. The molecule has 0 aromatic carbocycles. The van der Waals surface area contributed by atoms with Crippen LogP contribution >= 0.6 is 11.8 Å². The Hall–Kier alpha value is -0.790. The monoisotopic (exact) mass is 314 g/mol. The first-order valence-corrected chi connectivity index (χ1v) is 8.95. The highest BCUT2D eigenvalue weighted by atomic mass is 32.2. The molecule has 0 spiro atoms. The van der Waals surface area contributed by atoms with E-state index in [-0.39, 0.29) is 17.9 Å². The van der Waals surface area contributed by atoms with Crippen LogP contribution in [0.15, 0.2) is 0 Å². The molecule has 1 atom stereocenters. The van der Waals surface area contributed by atoms with Gasteiger partial charge in [0.05, 0.1) is 12.6 Å². The number of thioether (sulfide) groups is 1. The zero-order valence-electron chi connectivity index (χ0n) is 12.8. The fourth-order valence-corrected chi connectivity index (χ4v) is 3.52. The highest BCUT2D eigenvalue weighted by molar-refractivity contribution is 7.99. The van der Waals surface area contributed by atoms with Crippen LogP contribution in [0.25, 0.3) is 0 Å². The van der Waals surface area contributed by atoms with Gasteiger partial charge >= 0.3 is 0 Å². The van der Waals surface area contributed by atoms with Crippen molar-refractivity contribution >= 4 is 23.6 Å². The van der Waals surface area contributed by atoms with Crippen LogP contribution in [0.1, 0.15) is 13.3 Å². The van der Waals surface area contributed by atoms with E-state index in [4.69, 9.17) is 0 Å². The largest absolute Gasteiger partial charge is 0.355 e. The minimum atomic E-state index is -0.0249. The Bertz CT molecular complexity index is 353. The van der Waals surface area contributed by atoms with Crippen molar-refractivity contribution in [2.45, 2.75) is 19.4 Å². The molecular weight excluding hydrogens is 288 g/mol. The van der Waals surface area contributed by atoms with E-state index >= 15 is 0 Å². The minimum absolute atomic E-state index is 0.0249. The molecule has 7 heteroatoms. The molecule has 2 rings (SSSR count). The third-order valence-corrected chi connectivity index (χ3v) is 4.90. The van der Waals surface area contributed by atoms with Crippen LogP contribution in [0.2, 0.25) is 0 Å². The van der Waals surface area contributed by atoms with E-state index < -0.39 is 0 Å². The van der Waals surface area contributed by atoms with Gasteiger partial charge in [0.1, 0.15) is 0 Å². The minimum Gasteiger partial charge on any atom is -0.355 e. The molecule has 0 aromatic rings. The lowest BCUT2D eigenvalue weighted by atomic mass is 10.2. The molecule has 0 radical (unpaired) electrons. The zero-order valence-corrected chi connectivity index (χ0v) is 13.6. The van der Waals surface area contributed by atoms with Crippen LogP contribution in [-0.2, 0) is 9.59 Å². The number of amides is 2. The molecule has 0 aliphatic carbocycles. The van der Waals surface area contributed by atoms with Gasteiger partial charge in [-0.2, -0.15) is 11.8 Å². The molecule has 0 aromatic heterocycles. The number of hydrogen-bond acceptors (Lipinski definition) is 5. The van der Waals surface area contributed by atoms with Crippen molar-refractivity contribution in [3.05, 3.63) is 0 Å². The van der Waals surface area contributed by atoms with Crippen LogP contribution in [0.3, 0.4) is 0 Å². The number of rotatable bonds is 5. The summed E-state index contributed by atoms with van der Waals surface area (Å²) in [4.78, 5) is 28.1. The van der Waals surface area contributed by atoms with E-state index in [1.165, 1.54) is 0 Å². The number of nitrogens with one attached hydrogen (secondary N) is 2. The number of carbonyl (C=O) groups excluding carboxylic acids is 2. The zero-order chi connectivity index (χ0) is 15.1. The van der Waals surface area contributed by atoms with Gasteiger partial charge in [-0.1, -0.05) is 6.92 Å². The van der Waals surface area contributed by atoms with Gasteiger partial charge in [0.25, 0.3) is 0 Å². The molecule has 2 aliphatic heterocycles. The first-order valence-electron chi connectivity index (χ1n) is 7.79. The summed E-state index contributed by atoms with van der Waals surface area (Å²) in [7, 11) is 0. The molecule has 6 nitrogen and oxygen atoms in total. The van der Waals surface area contributed by atoms with Gasteiger partial charge in [-0.3, -0.25) is 14.5 Å². The molecule has 1 unspecified atom stereocenters. The van der Waals surface area contributed by atoms with Crippen LogP contribution in [0.5, 0.6) is 0 Å². The summed E-state index contributed by atoms with van der Waals surface area (Å²) in [5, 5.41) is 6.18. The molecule has 120 valence electrons. The number of piperazine rings is 1. The van der Waals surface area contributed by atoms with Crippen molar-refractivity contribution in [2.24, 2.45) is 0 Å². The van der Waals surface area contributed by atoms with Crippen LogP contribution < -0.4 is 10.6 Å². The molecule has 2 aliphatic rings. The predicted octanol–water partition coefficient (Wildman–Crippen LogP) is -0.638. The Morgan fingerprint density at radius 3 is 2.67 bits per heavy atom. The average molecular weight is 314 g/mol. The molecule has 2 saturated heterocycles. The third kappa shape index (κ3) is 5.16. The Kier molecular flexibility index (Phi) is 6.79. The smallest absolute Gasteiger partial charge is 0.240 e. The molecule has 21 heavy (non-hydrogen) atoms. The fraction of sp³-hybridized carbons (Fsp3) is 0.857. The summed E-state index contributed by atoms with van der Waals surface area (Å²) in [5.41, 5.74) is 0. The Labute approximate surface area is 131 Å². The van der Waals surface area contributed by atoms with Gasteiger partial charge in [0.15, 0.2) is 0 Å². The van der Waals surface area contributed by atoms with Crippen molar-refractivity contribution in [1.82, 2.24) is 20.4 Å². The third-order valence-electron chi connectivity index (χ3n) is 3.84. The van der Waals surface area contributed by atoms with Gasteiger partial charge < -0.3 is 15.5 Å². The van der Waals surface area contributed by atoms with Gasteiger partial charge in [-0.25, -0.2) is 0 Å². The molecule has 2 N–H and O–H groups in total. The second-order valence-corrected chi connectivity index (χ2v) is 6.68. The predicted molar refractivity (Wildman–Crippen MR) is 85.4 cm³/mol. The number of hydrogen-bond donors (Lipinski definition) is 2. The lowest BCUT2D eigenvalue weighted by Gasteiger charge is -2.36. The van der Waals surface area contributed by atoms with Crippen molar-refractivity contribution in [1.29, 1.82) is 0 Å². The van der Waals surface area contributed by atoms with E-state index in [0.717, 1.165) is 57.2 Å². The maximum atomic E-state index is 12.4. The molecule has 2 amide bonds. The van der Waals surface area contributed by atoms with E-state index in [1.54, 1.807) is 0 Å². The second-order valence-electron chi connectivity index (χ2n) is 5.53. The maximum Gasteiger partial charge on any atom is 0.240 e. The fourth-order valence-electron chi connectivity index (χ4n) is 2.59. The summed E-state index contributed by atoms with van der Waals surface area (Å²) in [6.07, 6.45) is 0.959. The average Bonchev–Trinajstić information content (AvgIpc) is 2.54. The number of nitrogens with zero attached hydrogens (tertiary/aromatic N) is 2. The highest BCUT2D eigenvalue weighted by Crippen LogP contribution is 2.11. The van der Waals surface area contributed by atoms with Crippen molar-refractivity contribution in [2.75, 3.05) is 57.3 Å². The summed E-state index contributed by atoms with van der Waals surface area (Å²) >= 11 is 1.84. The molecule has 2 fully saturated rings. The SMILES string of the molecule is CCCNC(=O)CN1CCN(C(=O)C2CSCCN2)CC1. The van der Waals surface area contributed by atoms with Crippen LogP contribution in [0.4, 0.5) is 0 Å². The van der Waals surface area contributed by atoms with Gasteiger partial charge in [0, 0.05) is 50.8 Å². The lowest BCUT2D eigenvalue weighted by molar-refractivity contribution is -0.135. The first-order chi connectivity index (χ1) is 10.2. The molecular formula is C14H26N4O2S. The first kappa shape index (κ1) is 16.6. The van der Waals surface area contributed by atoms with Gasteiger partial charge in [-0.15, -0.1) is 0 Å². The highest BCUT2D eigenvalue weighted by Gasteiger charge is 2.28. The van der Waals surface area contributed by atoms with Gasteiger partial charge in [0.2, 0.25) is 11.8 Å². The molecule has 2 heterocycles.